The molecule has 35 heavy (non-hydrogen) atoms. The number of halogens is 1. The third-order valence-corrected chi connectivity index (χ3v) is 7.52. The number of Topliss-reactive ketones (excluding diaryl/α,β-unsaturated/α-hetero) is 2. The van der Waals surface area contributed by atoms with Gasteiger partial charge in [-0.2, -0.15) is 0 Å². The molecule has 0 aromatic heterocycles. The predicted octanol–water partition coefficient (Wildman–Crippen LogP) is 4.15. The summed E-state index contributed by atoms with van der Waals surface area (Å²) in [6, 6.07) is 20.0. The largest absolute Gasteiger partial charge is 0.497 e. The lowest BCUT2D eigenvalue weighted by atomic mass is 9.77. The molecule has 3 aliphatic rings. The number of fused-ring (bicyclic) bond motifs is 3. The van der Waals surface area contributed by atoms with Crippen molar-refractivity contribution >= 4 is 45.0 Å². The van der Waals surface area contributed by atoms with Crippen molar-refractivity contribution in [2.45, 2.75) is 11.7 Å². The molecular formula is C27H18BrNO6. The van der Waals surface area contributed by atoms with Gasteiger partial charge in [-0.3, -0.25) is 19.2 Å². The number of benzene rings is 3. The molecule has 0 radical (unpaired) electrons. The summed E-state index contributed by atoms with van der Waals surface area (Å²) in [6.07, 6.45) is -0.959. The lowest BCUT2D eigenvalue weighted by molar-refractivity contribution is -0.127. The van der Waals surface area contributed by atoms with Crippen molar-refractivity contribution in [3.8, 4) is 5.75 Å². The van der Waals surface area contributed by atoms with Crippen molar-refractivity contribution in [1.82, 2.24) is 0 Å². The number of rotatable bonds is 3. The number of amides is 2. The molecule has 174 valence electrons. The van der Waals surface area contributed by atoms with E-state index in [1.807, 2.05) is 6.07 Å². The van der Waals surface area contributed by atoms with Crippen LogP contribution < -0.4 is 9.64 Å². The minimum atomic E-state index is -2.09. The molecule has 2 saturated heterocycles. The van der Waals surface area contributed by atoms with Gasteiger partial charge in [0.1, 0.15) is 5.75 Å². The molecule has 2 heterocycles. The summed E-state index contributed by atoms with van der Waals surface area (Å²) in [6.45, 7) is 0. The standard InChI is InChI=1S/C27H18BrNO6/c1-34-17-11-9-16(10-12-17)29-25(32)20-21(26(29)33)27(35-22(20)14-5-4-6-15(28)13-14)23(30)18-7-2-3-8-19(18)24(27)31/h2-13,20-22H,1H3/t20-,21+,22-/m1/s1. The van der Waals surface area contributed by atoms with Crippen LogP contribution in [0.5, 0.6) is 5.75 Å². The fraction of sp³-hybridized carbons (Fsp3) is 0.185. The third kappa shape index (κ3) is 2.87. The van der Waals surface area contributed by atoms with E-state index in [0.717, 1.165) is 9.37 Å². The van der Waals surface area contributed by atoms with Crippen molar-refractivity contribution in [3.05, 3.63) is 94.0 Å². The summed E-state index contributed by atoms with van der Waals surface area (Å²) in [7, 11) is 1.52. The van der Waals surface area contributed by atoms with Crippen molar-refractivity contribution in [2.75, 3.05) is 12.0 Å². The molecular weight excluding hydrogens is 514 g/mol. The predicted molar refractivity (Wildman–Crippen MR) is 128 cm³/mol. The third-order valence-electron chi connectivity index (χ3n) is 7.03. The van der Waals surface area contributed by atoms with Crippen LogP contribution in [0, 0.1) is 11.8 Å². The van der Waals surface area contributed by atoms with Crippen LogP contribution in [-0.2, 0) is 14.3 Å². The smallest absolute Gasteiger partial charge is 0.241 e. The average molecular weight is 532 g/mol. The molecule has 1 aliphatic carbocycles. The molecule has 2 amide bonds. The van der Waals surface area contributed by atoms with Gasteiger partial charge in [0.15, 0.2) is 0 Å². The summed E-state index contributed by atoms with van der Waals surface area (Å²) < 4.78 is 12.2. The highest BCUT2D eigenvalue weighted by Crippen LogP contribution is 2.57. The monoisotopic (exact) mass is 531 g/mol. The number of imide groups is 1. The number of nitrogens with zero attached hydrogens (tertiary/aromatic N) is 1. The van der Waals surface area contributed by atoms with Gasteiger partial charge in [-0.15, -0.1) is 0 Å². The van der Waals surface area contributed by atoms with E-state index in [1.54, 1.807) is 66.7 Å². The molecule has 1 spiro atoms. The second-order valence-corrected chi connectivity index (χ2v) is 9.66. The Kier molecular flexibility index (Phi) is 4.81. The zero-order valence-electron chi connectivity index (χ0n) is 18.4. The SMILES string of the molecule is COc1ccc(N2C(=O)[C@H]3[C@@H](c4cccc(Br)c4)OC4(C(=O)c5ccccc5C4=O)[C@@H]3C2=O)cc1. The van der Waals surface area contributed by atoms with E-state index in [2.05, 4.69) is 15.9 Å². The van der Waals surface area contributed by atoms with Crippen LogP contribution in [0.15, 0.2) is 77.3 Å². The number of hydrogen-bond acceptors (Lipinski definition) is 6. The van der Waals surface area contributed by atoms with Crippen molar-refractivity contribution in [2.24, 2.45) is 11.8 Å². The molecule has 0 bridgehead atoms. The van der Waals surface area contributed by atoms with E-state index in [1.165, 1.54) is 7.11 Å². The lowest BCUT2D eigenvalue weighted by Crippen LogP contribution is -2.51. The van der Waals surface area contributed by atoms with Crippen LogP contribution in [0.1, 0.15) is 32.4 Å². The molecule has 0 N–H and O–H groups in total. The highest BCUT2D eigenvalue weighted by atomic mass is 79.9. The Morgan fingerprint density at radius 2 is 1.51 bits per heavy atom. The zero-order chi connectivity index (χ0) is 24.5. The minimum absolute atomic E-state index is 0.203. The van der Waals surface area contributed by atoms with E-state index >= 15 is 0 Å². The molecule has 3 aromatic rings. The number of carbonyl (C=O) groups excluding carboxylic acids is 4. The Hall–Kier alpha value is -3.62. The second-order valence-electron chi connectivity index (χ2n) is 8.75. The van der Waals surface area contributed by atoms with Crippen LogP contribution in [0.25, 0.3) is 0 Å². The molecule has 3 aromatic carbocycles. The number of ketones is 2. The number of ether oxygens (including phenoxy) is 2. The first-order valence-corrected chi connectivity index (χ1v) is 11.8. The normalized spacial score (nSPS) is 24.3. The first-order chi connectivity index (χ1) is 16.9. The number of anilines is 1. The van der Waals surface area contributed by atoms with Gasteiger partial charge < -0.3 is 9.47 Å². The van der Waals surface area contributed by atoms with Gasteiger partial charge in [0.05, 0.1) is 30.7 Å². The lowest BCUT2D eigenvalue weighted by Gasteiger charge is -2.27. The first kappa shape index (κ1) is 21.9. The van der Waals surface area contributed by atoms with Gasteiger partial charge in [-0.1, -0.05) is 52.3 Å². The van der Waals surface area contributed by atoms with E-state index in [-0.39, 0.29) is 11.1 Å². The quantitative estimate of drug-likeness (QED) is 0.372. The van der Waals surface area contributed by atoms with Gasteiger partial charge in [-0.05, 0) is 42.0 Å². The first-order valence-electron chi connectivity index (χ1n) is 11.0. The molecule has 6 rings (SSSR count). The van der Waals surface area contributed by atoms with Gasteiger partial charge in [-0.25, -0.2) is 4.90 Å². The van der Waals surface area contributed by atoms with Crippen LogP contribution in [0.3, 0.4) is 0 Å². The Morgan fingerprint density at radius 3 is 2.11 bits per heavy atom. The zero-order valence-corrected chi connectivity index (χ0v) is 20.0. The topological polar surface area (TPSA) is 90.0 Å². The number of carbonyl (C=O) groups is 4. The summed E-state index contributed by atoms with van der Waals surface area (Å²) in [4.78, 5) is 56.2. The van der Waals surface area contributed by atoms with Crippen molar-refractivity contribution < 1.29 is 28.7 Å². The minimum Gasteiger partial charge on any atom is -0.497 e. The Labute approximate surface area is 208 Å². The molecule has 0 saturated carbocycles. The van der Waals surface area contributed by atoms with Crippen LogP contribution in [-0.4, -0.2) is 36.1 Å². The number of hydrogen-bond donors (Lipinski definition) is 0. The maximum absolute atomic E-state index is 13.9. The van der Waals surface area contributed by atoms with Crippen molar-refractivity contribution in [1.29, 1.82) is 0 Å². The summed E-state index contributed by atoms with van der Waals surface area (Å²) >= 11 is 3.43. The Morgan fingerprint density at radius 1 is 0.857 bits per heavy atom. The van der Waals surface area contributed by atoms with Gasteiger partial charge >= 0.3 is 0 Å². The molecule has 7 nitrogen and oxygen atoms in total. The van der Waals surface area contributed by atoms with Crippen molar-refractivity contribution in [3.63, 3.8) is 0 Å². The van der Waals surface area contributed by atoms with E-state index in [9.17, 15) is 19.2 Å². The fourth-order valence-corrected chi connectivity index (χ4v) is 5.90. The summed E-state index contributed by atoms with van der Waals surface area (Å²) in [5.74, 6) is -4.06. The number of methoxy groups -OCH3 is 1. The second kappa shape index (κ2) is 7.69. The molecule has 8 heteroatoms. The van der Waals surface area contributed by atoms with Gasteiger partial charge in [0, 0.05) is 15.6 Å². The van der Waals surface area contributed by atoms with Gasteiger partial charge in [0.25, 0.3) is 0 Å². The van der Waals surface area contributed by atoms with E-state index in [0.29, 0.717) is 17.0 Å². The summed E-state index contributed by atoms with van der Waals surface area (Å²) in [5.41, 5.74) is -0.743. The fourth-order valence-electron chi connectivity index (χ4n) is 5.49. The Bertz CT molecular complexity index is 1400. The average Bonchev–Trinajstić information content (AvgIpc) is 3.44. The molecule has 0 unspecified atom stereocenters. The molecule has 2 fully saturated rings. The van der Waals surface area contributed by atoms with Crippen LogP contribution >= 0.6 is 15.9 Å². The summed E-state index contributed by atoms with van der Waals surface area (Å²) in [5, 5.41) is 0. The van der Waals surface area contributed by atoms with Gasteiger partial charge in [0.2, 0.25) is 29.0 Å². The molecule has 3 atom stereocenters. The van der Waals surface area contributed by atoms with Crippen LogP contribution in [0.4, 0.5) is 5.69 Å². The maximum Gasteiger partial charge on any atom is 0.241 e. The molecule has 2 aliphatic heterocycles. The maximum atomic E-state index is 13.9. The van der Waals surface area contributed by atoms with E-state index < -0.39 is 46.9 Å². The van der Waals surface area contributed by atoms with Crippen LogP contribution in [0.2, 0.25) is 0 Å². The Balaban J connectivity index is 1.53. The van der Waals surface area contributed by atoms with E-state index in [4.69, 9.17) is 9.47 Å². The highest BCUT2D eigenvalue weighted by Gasteiger charge is 2.74. The highest BCUT2D eigenvalue weighted by molar-refractivity contribution is 9.10.